The summed E-state index contributed by atoms with van der Waals surface area (Å²) in [7, 11) is -2.20. The number of para-hydroxylation sites is 3. The predicted octanol–water partition coefficient (Wildman–Crippen LogP) is 17.0. The van der Waals surface area contributed by atoms with E-state index in [2.05, 4.69) is 202 Å². The molecule has 0 aliphatic carbocycles. The van der Waals surface area contributed by atoms with E-state index in [9.17, 15) is 2.74 Å². The van der Waals surface area contributed by atoms with Gasteiger partial charge in [-0.05, 0) is 103 Å². The Balaban J connectivity index is 0.00000740. The molecule has 376 valence electrons. The summed E-state index contributed by atoms with van der Waals surface area (Å²) in [6.45, 7) is 33.3. The number of aromatic nitrogens is 1. The zero-order valence-corrected chi connectivity index (χ0v) is 48.0. The first-order valence-corrected chi connectivity index (χ1v) is 28.1. The largest absolute Gasteiger partial charge is 0.509 e. The van der Waals surface area contributed by atoms with Gasteiger partial charge in [-0.15, -0.1) is 47.9 Å². The molecule has 0 bridgehead atoms. The molecule has 7 aromatic carbocycles. The van der Waals surface area contributed by atoms with Gasteiger partial charge < -0.3 is 19.4 Å². The van der Waals surface area contributed by atoms with Gasteiger partial charge in [-0.3, -0.25) is 0 Å². The summed E-state index contributed by atoms with van der Waals surface area (Å²) >= 11 is 0. The molecule has 5 nitrogen and oxygen atoms in total. The maximum Gasteiger partial charge on any atom is 0.135 e. The van der Waals surface area contributed by atoms with E-state index < -0.39 is 14.1 Å². The second kappa shape index (κ2) is 18.9. The minimum atomic E-state index is -2.20. The second-order valence-electron chi connectivity index (χ2n) is 24.0. The summed E-state index contributed by atoms with van der Waals surface area (Å²) in [5, 5.41) is 2.57. The number of nitrogens with zero attached hydrogens (tertiary/aromatic N) is 4. The Morgan fingerprint density at radius 1 is 0.534 bits per heavy atom. The van der Waals surface area contributed by atoms with Crippen LogP contribution < -0.4 is 29.8 Å². The zero-order chi connectivity index (χ0) is 55.5. The van der Waals surface area contributed by atoms with Gasteiger partial charge >= 0.3 is 0 Å². The van der Waals surface area contributed by atoms with Crippen LogP contribution in [0.3, 0.4) is 0 Å². The molecule has 0 saturated heterocycles. The maximum absolute atomic E-state index is 9.46. The molecule has 10 rings (SSSR count). The van der Waals surface area contributed by atoms with Crippen molar-refractivity contribution in [1.29, 1.82) is 0 Å². The standard InChI is InChI=1S/C66H69N4OSi.Pt/c1-63(2,3)46-33-34-67-61(40-46)70-57-29-20-21-30-59(57)72(13,14)60-32-31-52(42-58(60)70)71-51-26-22-25-50(41-51)68-43-69(56-28-19-18-27-55(56)68)62-53(44-23-16-15-17-24-44)38-49(66(10,11)12)39-54(62)45-35-47(64(4,5)6)37-48(36-45)65(7,8)9;/h15-40,43H,1-14H3;/q-3;/i15D,16D,17D,23D,24D;. The van der Waals surface area contributed by atoms with Gasteiger partial charge in [0.1, 0.15) is 5.82 Å². The molecular weight excluding hydrogens is 1090 g/mol. The first kappa shape index (κ1) is 45.4. The van der Waals surface area contributed by atoms with Crippen LogP contribution >= 0.6 is 0 Å². The van der Waals surface area contributed by atoms with E-state index in [0.29, 0.717) is 28.4 Å². The fourth-order valence-corrected chi connectivity index (χ4v) is 12.8. The molecule has 0 fully saturated rings. The van der Waals surface area contributed by atoms with E-state index in [4.69, 9.17) is 13.8 Å². The van der Waals surface area contributed by atoms with Crippen LogP contribution in [-0.2, 0) is 42.7 Å². The summed E-state index contributed by atoms with van der Waals surface area (Å²) in [5.74, 6) is 1.87. The van der Waals surface area contributed by atoms with Crippen LogP contribution in [0.1, 0.15) is 112 Å². The number of ether oxygens (including phenoxy) is 1. The second-order valence-corrected chi connectivity index (χ2v) is 28.4. The molecular formula is C66H69N4OPtSi-3. The van der Waals surface area contributed by atoms with E-state index >= 15 is 0 Å². The zero-order valence-electron chi connectivity index (χ0n) is 49.7. The molecule has 0 spiro atoms. The molecule has 0 unspecified atom stereocenters. The molecule has 0 radical (unpaired) electrons. The summed E-state index contributed by atoms with van der Waals surface area (Å²) < 4.78 is 52.2. The molecule has 1 aromatic heterocycles. The summed E-state index contributed by atoms with van der Waals surface area (Å²) in [6.07, 6.45) is 1.90. The number of hydrogen-bond acceptors (Lipinski definition) is 5. The molecule has 0 saturated carbocycles. The minimum Gasteiger partial charge on any atom is -0.509 e. The van der Waals surface area contributed by atoms with Gasteiger partial charge in [0.15, 0.2) is 0 Å². The van der Waals surface area contributed by atoms with Crippen molar-refractivity contribution in [2.24, 2.45) is 0 Å². The molecule has 8 aromatic rings. The van der Waals surface area contributed by atoms with E-state index in [-0.39, 0.29) is 72.5 Å². The van der Waals surface area contributed by atoms with Gasteiger partial charge in [0.25, 0.3) is 0 Å². The monoisotopic (exact) mass is 1160 g/mol. The van der Waals surface area contributed by atoms with Crippen molar-refractivity contribution < 1.29 is 32.7 Å². The van der Waals surface area contributed by atoms with Crippen LogP contribution in [0.25, 0.3) is 22.3 Å². The van der Waals surface area contributed by atoms with Crippen LogP contribution in [0.15, 0.2) is 158 Å². The number of hydrogen-bond donors (Lipinski definition) is 0. The van der Waals surface area contributed by atoms with Crippen molar-refractivity contribution in [3.05, 3.63) is 199 Å². The Hall–Kier alpha value is -6.20. The summed E-state index contributed by atoms with van der Waals surface area (Å²) in [4.78, 5) is 11.4. The van der Waals surface area contributed by atoms with E-state index in [1.54, 1.807) is 0 Å². The molecule has 0 N–H and O–H groups in total. The smallest absolute Gasteiger partial charge is 0.135 e. The average molecular weight is 1160 g/mol. The Bertz CT molecular complexity index is 3600. The van der Waals surface area contributed by atoms with Gasteiger partial charge in [-0.1, -0.05) is 181 Å². The Kier molecular flexibility index (Phi) is 11.8. The molecule has 2 aliphatic rings. The minimum absolute atomic E-state index is 0. The Morgan fingerprint density at radius 3 is 1.73 bits per heavy atom. The van der Waals surface area contributed by atoms with Crippen LogP contribution in [0.5, 0.6) is 11.5 Å². The van der Waals surface area contributed by atoms with E-state index in [1.165, 1.54) is 27.1 Å². The van der Waals surface area contributed by atoms with Crippen LogP contribution in [0.2, 0.25) is 13.1 Å². The van der Waals surface area contributed by atoms with Crippen LogP contribution in [0, 0.1) is 18.8 Å². The SMILES string of the molecule is [2H]c1c([2H])c([2H])c(-c2cc(C(C)(C)C)cc(-c3cc(C(C)(C)C)cc(C(C)(C)C)c3)c2N2[CH-]N(c3[c-]c(Oc4[c-]c5c(cc4)[Si](C)(C)c4ccccc4N5c4cc(C(C)(C)C)ccn4)ccc3)c3ccccc32)c([2H])c1[2H].[Pt]. The number of rotatable bonds is 7. The third kappa shape index (κ3) is 9.86. The van der Waals surface area contributed by atoms with Gasteiger partial charge in [0.05, 0.1) is 14.9 Å². The van der Waals surface area contributed by atoms with Crippen molar-refractivity contribution in [3.8, 4) is 33.8 Å². The van der Waals surface area contributed by atoms with Gasteiger partial charge in [-0.2, -0.15) is 12.1 Å². The van der Waals surface area contributed by atoms with Crippen LogP contribution in [0.4, 0.5) is 39.9 Å². The third-order valence-corrected chi connectivity index (χ3v) is 17.8. The Labute approximate surface area is 458 Å². The number of fused-ring (bicyclic) bond motifs is 3. The van der Waals surface area contributed by atoms with Gasteiger partial charge in [-0.25, -0.2) is 4.98 Å². The maximum atomic E-state index is 9.46. The first-order valence-electron chi connectivity index (χ1n) is 27.6. The molecule has 0 amide bonds. The van der Waals surface area contributed by atoms with Crippen molar-refractivity contribution >= 4 is 58.4 Å². The van der Waals surface area contributed by atoms with Crippen LogP contribution in [-0.4, -0.2) is 13.1 Å². The number of pyridine rings is 1. The van der Waals surface area contributed by atoms with Crippen molar-refractivity contribution in [2.75, 3.05) is 14.7 Å². The molecule has 7 heteroatoms. The number of benzene rings is 7. The Morgan fingerprint density at radius 2 is 1.10 bits per heavy atom. The summed E-state index contributed by atoms with van der Waals surface area (Å²) in [6, 6.07) is 47.9. The van der Waals surface area contributed by atoms with E-state index in [0.717, 1.165) is 45.3 Å². The predicted molar refractivity (Wildman–Crippen MR) is 307 cm³/mol. The summed E-state index contributed by atoms with van der Waals surface area (Å²) in [5.41, 5.74) is 11.3. The molecule has 73 heavy (non-hydrogen) atoms. The molecule has 0 atom stereocenters. The van der Waals surface area contributed by atoms with Crippen molar-refractivity contribution in [3.63, 3.8) is 0 Å². The molecule has 3 heterocycles. The fourth-order valence-electron chi connectivity index (χ4n) is 9.92. The van der Waals surface area contributed by atoms with Gasteiger partial charge in [0.2, 0.25) is 0 Å². The average Bonchev–Trinajstić information content (AvgIpc) is 3.80. The fraction of sp³-hybridized carbons (Fsp3) is 0.273. The van der Waals surface area contributed by atoms with Crippen molar-refractivity contribution in [2.45, 2.75) is 118 Å². The number of anilines is 7. The first-order chi connectivity index (χ1) is 36.0. The topological polar surface area (TPSA) is 31.8 Å². The van der Waals surface area contributed by atoms with Crippen molar-refractivity contribution in [1.82, 2.24) is 4.98 Å². The molecule has 2 aliphatic heterocycles. The third-order valence-electron chi connectivity index (χ3n) is 14.3. The quantitative estimate of drug-likeness (QED) is 0.117. The van der Waals surface area contributed by atoms with E-state index in [1.807, 2.05) is 55.3 Å². The normalized spacial score (nSPS) is 15.3. The van der Waals surface area contributed by atoms with Gasteiger partial charge in [0, 0.05) is 72.6 Å².